The summed E-state index contributed by atoms with van der Waals surface area (Å²) in [6.45, 7) is 5.22. The van der Waals surface area contributed by atoms with Gasteiger partial charge in [0.05, 0.1) is 4.92 Å². The van der Waals surface area contributed by atoms with Crippen molar-refractivity contribution in [1.82, 2.24) is 10.2 Å². The van der Waals surface area contributed by atoms with Gasteiger partial charge in [0.15, 0.2) is 0 Å². The molecular formula is C25H31N3O5S. The number of ether oxygens (including phenoxy) is 1. The van der Waals surface area contributed by atoms with Crippen molar-refractivity contribution in [3.8, 4) is 5.75 Å². The van der Waals surface area contributed by atoms with Crippen molar-refractivity contribution in [2.75, 3.05) is 25.1 Å². The number of hydrogen-bond acceptors (Lipinski definition) is 6. The zero-order valence-electron chi connectivity index (χ0n) is 19.8. The van der Waals surface area contributed by atoms with Crippen LogP contribution in [0.4, 0.5) is 5.69 Å². The maximum absolute atomic E-state index is 13.2. The van der Waals surface area contributed by atoms with Crippen LogP contribution in [0.1, 0.15) is 40.7 Å². The number of benzene rings is 2. The van der Waals surface area contributed by atoms with Crippen LogP contribution >= 0.6 is 11.8 Å². The molecule has 1 fully saturated rings. The monoisotopic (exact) mass is 485 g/mol. The molecule has 9 heteroatoms. The summed E-state index contributed by atoms with van der Waals surface area (Å²) in [5.74, 6) is 0.932. The van der Waals surface area contributed by atoms with Gasteiger partial charge in [0, 0.05) is 43.6 Å². The lowest BCUT2D eigenvalue weighted by Gasteiger charge is -2.34. The van der Waals surface area contributed by atoms with Gasteiger partial charge < -0.3 is 15.0 Å². The van der Waals surface area contributed by atoms with E-state index in [1.807, 2.05) is 24.5 Å². The molecule has 1 unspecified atom stereocenters. The Balaban J connectivity index is 1.60. The number of hydrogen-bond donors (Lipinski definition) is 1. The van der Waals surface area contributed by atoms with Gasteiger partial charge in [0.1, 0.15) is 17.9 Å². The number of thioether (sulfide) groups is 1. The molecule has 1 aliphatic heterocycles. The highest BCUT2D eigenvalue weighted by Crippen LogP contribution is 2.22. The van der Waals surface area contributed by atoms with E-state index >= 15 is 0 Å². The van der Waals surface area contributed by atoms with Crippen molar-refractivity contribution in [3.05, 3.63) is 69.3 Å². The first-order valence-corrected chi connectivity index (χ1v) is 12.7. The number of nitro benzene ring substituents is 1. The second-order valence-electron chi connectivity index (χ2n) is 8.50. The van der Waals surface area contributed by atoms with Crippen molar-refractivity contribution < 1.29 is 19.2 Å². The number of non-ortho nitro benzene ring substituents is 1. The van der Waals surface area contributed by atoms with E-state index < -0.39 is 16.9 Å². The summed E-state index contributed by atoms with van der Waals surface area (Å²) < 4.78 is 6.13. The van der Waals surface area contributed by atoms with Crippen molar-refractivity contribution in [1.29, 1.82) is 0 Å². The Kier molecular flexibility index (Phi) is 8.92. The van der Waals surface area contributed by atoms with Gasteiger partial charge in [0.25, 0.3) is 11.6 Å². The van der Waals surface area contributed by atoms with Crippen LogP contribution in [0.3, 0.4) is 0 Å². The number of nitro groups is 1. The minimum absolute atomic E-state index is 0.0373. The van der Waals surface area contributed by atoms with Crippen molar-refractivity contribution in [2.24, 2.45) is 0 Å². The number of piperidine rings is 1. The maximum Gasteiger partial charge on any atom is 0.270 e. The number of nitrogens with one attached hydrogen (secondary N) is 1. The SMILES string of the molecule is CSCCC(NC(=O)c1cccc([N+](=O)[O-])c1)C(=O)N1CCC(Oc2ccc(C)c(C)c2)CC1. The number of amides is 2. The molecule has 2 amide bonds. The highest BCUT2D eigenvalue weighted by Gasteiger charge is 2.30. The van der Waals surface area contributed by atoms with Crippen molar-refractivity contribution in [2.45, 2.75) is 45.3 Å². The number of aryl methyl sites for hydroxylation is 2. The first kappa shape index (κ1) is 25.6. The molecule has 2 aromatic carbocycles. The molecule has 1 aliphatic rings. The zero-order valence-corrected chi connectivity index (χ0v) is 20.6. The summed E-state index contributed by atoms with van der Waals surface area (Å²) >= 11 is 1.60. The fraction of sp³-hybridized carbons (Fsp3) is 0.440. The Morgan fingerprint density at radius 1 is 1.18 bits per heavy atom. The molecule has 0 radical (unpaired) electrons. The van der Waals surface area contributed by atoms with Gasteiger partial charge in [-0.15, -0.1) is 0 Å². The maximum atomic E-state index is 13.2. The van der Waals surface area contributed by atoms with Crippen LogP contribution in [0, 0.1) is 24.0 Å². The van der Waals surface area contributed by atoms with Gasteiger partial charge in [-0.3, -0.25) is 19.7 Å². The first-order chi connectivity index (χ1) is 16.3. The third-order valence-corrected chi connectivity index (χ3v) is 6.71. The second kappa shape index (κ2) is 11.9. The van der Waals surface area contributed by atoms with Crippen LogP contribution < -0.4 is 10.1 Å². The quantitative estimate of drug-likeness (QED) is 0.423. The lowest BCUT2D eigenvalue weighted by atomic mass is 10.0. The summed E-state index contributed by atoms with van der Waals surface area (Å²) in [7, 11) is 0. The molecule has 3 rings (SSSR count). The first-order valence-electron chi connectivity index (χ1n) is 11.4. The average Bonchev–Trinajstić information content (AvgIpc) is 2.84. The molecule has 8 nitrogen and oxygen atoms in total. The molecule has 0 aliphatic carbocycles. The van der Waals surface area contributed by atoms with Gasteiger partial charge in [0.2, 0.25) is 5.91 Å². The fourth-order valence-electron chi connectivity index (χ4n) is 3.89. The van der Waals surface area contributed by atoms with Gasteiger partial charge >= 0.3 is 0 Å². The normalized spacial score (nSPS) is 15.0. The predicted octanol–water partition coefficient (Wildman–Crippen LogP) is 4.13. The molecule has 0 bridgehead atoms. The number of nitrogens with zero attached hydrogens (tertiary/aromatic N) is 2. The summed E-state index contributed by atoms with van der Waals surface area (Å²) in [5, 5.41) is 13.8. The van der Waals surface area contributed by atoms with Gasteiger partial charge in [-0.05, 0) is 61.6 Å². The van der Waals surface area contributed by atoms with Gasteiger partial charge in [-0.1, -0.05) is 12.1 Å². The summed E-state index contributed by atoms with van der Waals surface area (Å²) in [5.41, 5.74) is 2.40. The zero-order chi connectivity index (χ0) is 24.7. The van der Waals surface area contributed by atoms with Crippen molar-refractivity contribution in [3.63, 3.8) is 0 Å². The van der Waals surface area contributed by atoms with Crippen LogP contribution in [0.2, 0.25) is 0 Å². The third-order valence-electron chi connectivity index (χ3n) is 6.07. The van der Waals surface area contributed by atoms with E-state index in [1.165, 1.54) is 35.4 Å². The van der Waals surface area contributed by atoms with Crippen molar-refractivity contribution >= 4 is 29.3 Å². The lowest BCUT2D eigenvalue weighted by molar-refractivity contribution is -0.384. The molecular weight excluding hydrogens is 454 g/mol. The predicted molar refractivity (Wildman–Crippen MR) is 133 cm³/mol. The Bertz CT molecular complexity index is 1040. The van der Waals surface area contributed by atoms with E-state index in [2.05, 4.69) is 19.2 Å². The second-order valence-corrected chi connectivity index (χ2v) is 9.49. The third kappa shape index (κ3) is 6.72. The highest BCUT2D eigenvalue weighted by atomic mass is 32.2. The number of carbonyl (C=O) groups excluding carboxylic acids is 2. The topological polar surface area (TPSA) is 102 Å². The van der Waals surface area contributed by atoms with E-state index in [1.54, 1.807) is 16.7 Å². The van der Waals surface area contributed by atoms with E-state index in [9.17, 15) is 19.7 Å². The van der Waals surface area contributed by atoms with Gasteiger partial charge in [-0.2, -0.15) is 11.8 Å². The standard InChI is InChI=1S/C25H31N3O5S/c1-17-7-8-22(15-18(17)2)33-21-9-12-27(13-10-21)25(30)23(11-14-34-3)26-24(29)19-5-4-6-20(16-19)28(31)32/h4-8,15-16,21,23H,9-14H2,1-3H3,(H,26,29). The van der Waals surface area contributed by atoms with E-state index in [0.717, 1.165) is 5.75 Å². The molecule has 34 heavy (non-hydrogen) atoms. The van der Waals surface area contributed by atoms with E-state index in [0.29, 0.717) is 38.1 Å². The Morgan fingerprint density at radius 3 is 2.56 bits per heavy atom. The molecule has 1 heterocycles. The number of likely N-dealkylation sites (tertiary alicyclic amines) is 1. The minimum Gasteiger partial charge on any atom is -0.490 e. The Morgan fingerprint density at radius 2 is 1.91 bits per heavy atom. The van der Waals surface area contributed by atoms with Crippen LogP contribution in [0.25, 0.3) is 0 Å². The lowest BCUT2D eigenvalue weighted by Crippen LogP contribution is -2.52. The van der Waals surface area contributed by atoms with E-state index in [4.69, 9.17) is 4.74 Å². The molecule has 0 aromatic heterocycles. The van der Waals surface area contributed by atoms with Gasteiger partial charge in [-0.25, -0.2) is 0 Å². The largest absolute Gasteiger partial charge is 0.490 e. The Hall–Kier alpha value is -3.07. The number of carbonyl (C=O) groups is 2. The van der Waals surface area contributed by atoms with Crippen LogP contribution in [-0.2, 0) is 4.79 Å². The fourth-order valence-corrected chi connectivity index (χ4v) is 4.36. The average molecular weight is 486 g/mol. The summed E-state index contributed by atoms with van der Waals surface area (Å²) in [6, 6.07) is 10.9. The van der Waals surface area contributed by atoms with Crippen LogP contribution in [0.15, 0.2) is 42.5 Å². The van der Waals surface area contributed by atoms with E-state index in [-0.39, 0.29) is 23.3 Å². The molecule has 0 spiro atoms. The molecule has 1 saturated heterocycles. The molecule has 0 saturated carbocycles. The smallest absolute Gasteiger partial charge is 0.270 e. The summed E-state index contributed by atoms with van der Waals surface area (Å²) in [6.07, 6.45) is 3.90. The Labute approximate surface area is 204 Å². The summed E-state index contributed by atoms with van der Waals surface area (Å²) in [4.78, 5) is 38.3. The number of rotatable bonds is 9. The molecule has 1 atom stereocenters. The molecule has 2 aromatic rings. The molecule has 1 N–H and O–H groups in total. The minimum atomic E-state index is -0.684. The highest BCUT2D eigenvalue weighted by molar-refractivity contribution is 7.98. The van der Waals surface area contributed by atoms with Crippen LogP contribution in [-0.4, -0.2) is 58.9 Å². The molecule has 182 valence electrons. The van der Waals surface area contributed by atoms with Crippen LogP contribution in [0.5, 0.6) is 5.75 Å².